The van der Waals surface area contributed by atoms with Crippen LogP contribution < -0.4 is 10.6 Å². The second kappa shape index (κ2) is 10.4. The second-order valence-corrected chi connectivity index (χ2v) is 10.4. The van der Waals surface area contributed by atoms with Crippen molar-refractivity contribution in [3.05, 3.63) is 65.9 Å². The van der Waals surface area contributed by atoms with Gasteiger partial charge in [-0.1, -0.05) is 30.3 Å². The lowest BCUT2D eigenvalue weighted by atomic mass is 9.81. The molecular weight excluding hydrogens is 468 g/mol. The van der Waals surface area contributed by atoms with Gasteiger partial charge in [-0.25, -0.2) is 4.79 Å². The highest BCUT2D eigenvalue weighted by Gasteiger charge is 2.45. The number of anilines is 1. The van der Waals surface area contributed by atoms with E-state index in [1.165, 1.54) is 0 Å². The van der Waals surface area contributed by atoms with Crippen LogP contribution >= 0.6 is 0 Å². The zero-order valence-corrected chi connectivity index (χ0v) is 21.1. The highest BCUT2D eigenvalue weighted by Crippen LogP contribution is 2.38. The van der Waals surface area contributed by atoms with E-state index in [1.807, 2.05) is 41.3 Å². The van der Waals surface area contributed by atoms with Crippen molar-refractivity contribution in [2.24, 2.45) is 17.6 Å². The van der Waals surface area contributed by atoms with Crippen LogP contribution in [-0.2, 0) is 9.59 Å². The maximum Gasteiger partial charge on any atom is 0.352 e. The number of hydrogen-bond donors (Lipinski definition) is 3. The van der Waals surface area contributed by atoms with Gasteiger partial charge < -0.3 is 25.6 Å². The number of hydrogen-bond acceptors (Lipinski definition) is 4. The van der Waals surface area contributed by atoms with Crippen LogP contribution in [0.5, 0.6) is 0 Å². The molecule has 3 aromatic rings. The summed E-state index contributed by atoms with van der Waals surface area (Å²) >= 11 is 0. The van der Waals surface area contributed by atoms with E-state index in [-0.39, 0.29) is 29.3 Å². The summed E-state index contributed by atoms with van der Waals surface area (Å²) in [5.41, 5.74) is 8.36. The number of nitrogens with zero attached hydrogens (tertiary/aromatic N) is 2. The van der Waals surface area contributed by atoms with Gasteiger partial charge in [0, 0.05) is 42.0 Å². The average Bonchev–Trinajstić information content (AvgIpc) is 3.57. The predicted molar refractivity (Wildman–Crippen MR) is 142 cm³/mol. The van der Waals surface area contributed by atoms with Crippen molar-refractivity contribution in [3.8, 4) is 0 Å². The number of H-pyrrole nitrogens is 1. The van der Waals surface area contributed by atoms with Crippen LogP contribution in [0.3, 0.4) is 0 Å². The molecule has 1 saturated carbocycles. The molecule has 2 aliphatic rings. The number of carbonyl (C=O) groups excluding carboxylic acids is 2. The van der Waals surface area contributed by atoms with Gasteiger partial charge in [0.15, 0.2) is 0 Å². The fourth-order valence-corrected chi connectivity index (χ4v) is 6.04. The lowest BCUT2D eigenvalue weighted by molar-refractivity contribution is -0.142. The molecule has 1 aliphatic carbocycles. The minimum Gasteiger partial charge on any atom is -0.477 e. The normalized spacial score (nSPS) is 23.8. The molecule has 8 heteroatoms. The molecule has 4 N–H and O–H groups in total. The van der Waals surface area contributed by atoms with Crippen LogP contribution in [0.15, 0.2) is 54.6 Å². The van der Waals surface area contributed by atoms with Gasteiger partial charge in [0.2, 0.25) is 11.8 Å². The number of benzene rings is 2. The summed E-state index contributed by atoms with van der Waals surface area (Å²) in [6.07, 6.45) is 4.28. The number of aromatic carboxylic acids is 1. The summed E-state index contributed by atoms with van der Waals surface area (Å²) in [7, 11) is 1.73. The standard InChI is InChI=1S/C29H34N4O4/c1-32(22-11-12-24-21(15-22)16-25(31-24)29(36)37)28(35)26-23(19-5-3-2-4-6-19)13-14-33(26)27(34)20-9-7-18(17-30)8-10-20/h2-6,11-12,15-16,18,20,23,26,31H,7-10,13-14,17,30H2,1H3,(H,36,37)/t18?,20?,23-,26-/m0/s1. The molecule has 1 aromatic heterocycles. The molecule has 2 heterocycles. The van der Waals surface area contributed by atoms with E-state index in [0.29, 0.717) is 35.6 Å². The largest absolute Gasteiger partial charge is 0.477 e. The van der Waals surface area contributed by atoms with E-state index < -0.39 is 12.0 Å². The zero-order chi connectivity index (χ0) is 26.1. The number of rotatable bonds is 6. The molecule has 2 amide bonds. The number of amides is 2. The SMILES string of the molecule is CN(C(=O)[C@@H]1[C@H](c2ccccc2)CCN1C(=O)C1CCC(CN)CC1)c1ccc2[nH]c(C(=O)O)cc2c1. The first-order valence-electron chi connectivity index (χ1n) is 13.1. The Morgan fingerprint density at radius 2 is 1.76 bits per heavy atom. The zero-order valence-electron chi connectivity index (χ0n) is 21.1. The molecule has 2 fully saturated rings. The van der Waals surface area contributed by atoms with Crippen molar-refractivity contribution in [2.75, 3.05) is 25.0 Å². The summed E-state index contributed by atoms with van der Waals surface area (Å²) in [4.78, 5) is 45.5. The molecule has 2 aromatic carbocycles. The molecule has 5 rings (SSSR count). The number of carboxylic acids is 1. The number of carbonyl (C=O) groups is 3. The van der Waals surface area contributed by atoms with Gasteiger partial charge in [0.1, 0.15) is 11.7 Å². The summed E-state index contributed by atoms with van der Waals surface area (Å²) in [6, 6.07) is 16.3. The van der Waals surface area contributed by atoms with Gasteiger partial charge >= 0.3 is 5.97 Å². The number of carboxylic acid groups (broad SMARTS) is 1. The molecular formula is C29H34N4O4. The Labute approximate surface area is 216 Å². The fourth-order valence-electron chi connectivity index (χ4n) is 6.04. The Bertz CT molecular complexity index is 1300. The first-order chi connectivity index (χ1) is 17.9. The number of fused-ring (bicyclic) bond motifs is 1. The Kier molecular flexibility index (Phi) is 7.02. The van der Waals surface area contributed by atoms with Gasteiger partial charge in [0.25, 0.3) is 0 Å². The number of nitrogens with one attached hydrogen (secondary N) is 1. The summed E-state index contributed by atoms with van der Waals surface area (Å²) in [5.74, 6) is -0.767. The Balaban J connectivity index is 1.43. The van der Waals surface area contributed by atoms with E-state index in [9.17, 15) is 19.5 Å². The average molecular weight is 503 g/mol. The Morgan fingerprint density at radius 3 is 2.43 bits per heavy atom. The van der Waals surface area contributed by atoms with Gasteiger partial charge in [-0.3, -0.25) is 9.59 Å². The summed E-state index contributed by atoms with van der Waals surface area (Å²) < 4.78 is 0. The topological polar surface area (TPSA) is 120 Å². The molecule has 2 atom stereocenters. The third kappa shape index (κ3) is 4.85. The highest BCUT2D eigenvalue weighted by molar-refractivity contribution is 6.02. The van der Waals surface area contributed by atoms with Crippen LogP contribution in [-0.4, -0.2) is 59.0 Å². The van der Waals surface area contributed by atoms with E-state index in [0.717, 1.165) is 37.7 Å². The quantitative estimate of drug-likeness (QED) is 0.471. The molecule has 1 saturated heterocycles. The lowest BCUT2D eigenvalue weighted by Crippen LogP contribution is -2.50. The van der Waals surface area contributed by atoms with Gasteiger partial charge in [-0.05, 0) is 74.4 Å². The van der Waals surface area contributed by atoms with Crippen LogP contribution in [0.4, 0.5) is 5.69 Å². The third-order valence-electron chi connectivity index (χ3n) is 8.24. The Hall–Kier alpha value is -3.65. The predicted octanol–water partition coefficient (Wildman–Crippen LogP) is 3.98. The highest BCUT2D eigenvalue weighted by atomic mass is 16.4. The second-order valence-electron chi connectivity index (χ2n) is 10.4. The molecule has 8 nitrogen and oxygen atoms in total. The van der Waals surface area contributed by atoms with Crippen molar-refractivity contribution in [1.82, 2.24) is 9.88 Å². The molecule has 194 valence electrons. The van der Waals surface area contributed by atoms with E-state index in [1.54, 1.807) is 30.1 Å². The van der Waals surface area contributed by atoms with Crippen LogP contribution in [0, 0.1) is 11.8 Å². The summed E-state index contributed by atoms with van der Waals surface area (Å²) in [6.45, 7) is 1.21. The number of likely N-dealkylation sites (tertiary alicyclic amines) is 1. The van der Waals surface area contributed by atoms with Gasteiger partial charge in [0.05, 0.1) is 0 Å². The number of likely N-dealkylation sites (N-methyl/N-ethyl adjacent to an activating group) is 1. The number of aromatic nitrogens is 1. The fraction of sp³-hybridized carbons (Fsp3) is 0.414. The van der Waals surface area contributed by atoms with Gasteiger partial charge in [-0.2, -0.15) is 0 Å². The van der Waals surface area contributed by atoms with Crippen molar-refractivity contribution in [2.45, 2.75) is 44.1 Å². The minimum atomic E-state index is -1.03. The molecule has 37 heavy (non-hydrogen) atoms. The van der Waals surface area contributed by atoms with Gasteiger partial charge in [-0.15, -0.1) is 0 Å². The van der Waals surface area contributed by atoms with Crippen molar-refractivity contribution in [1.29, 1.82) is 0 Å². The maximum absolute atomic E-state index is 14.1. The van der Waals surface area contributed by atoms with Crippen LogP contribution in [0.1, 0.15) is 54.1 Å². The minimum absolute atomic E-state index is 0.0661. The number of aromatic amines is 1. The third-order valence-corrected chi connectivity index (χ3v) is 8.24. The molecule has 0 radical (unpaired) electrons. The van der Waals surface area contributed by atoms with E-state index in [2.05, 4.69) is 4.98 Å². The smallest absolute Gasteiger partial charge is 0.352 e. The first kappa shape index (κ1) is 25.0. The summed E-state index contributed by atoms with van der Waals surface area (Å²) in [5, 5.41) is 10.0. The maximum atomic E-state index is 14.1. The Morgan fingerprint density at radius 1 is 1.03 bits per heavy atom. The van der Waals surface area contributed by atoms with E-state index >= 15 is 0 Å². The van der Waals surface area contributed by atoms with Crippen molar-refractivity contribution in [3.63, 3.8) is 0 Å². The van der Waals surface area contributed by atoms with Crippen molar-refractivity contribution < 1.29 is 19.5 Å². The van der Waals surface area contributed by atoms with Crippen LogP contribution in [0.2, 0.25) is 0 Å². The molecule has 0 bridgehead atoms. The monoisotopic (exact) mass is 502 g/mol. The molecule has 1 aliphatic heterocycles. The van der Waals surface area contributed by atoms with Crippen molar-refractivity contribution >= 4 is 34.4 Å². The lowest BCUT2D eigenvalue weighted by Gasteiger charge is -2.35. The molecule has 0 spiro atoms. The van der Waals surface area contributed by atoms with Crippen LogP contribution in [0.25, 0.3) is 10.9 Å². The van der Waals surface area contributed by atoms with E-state index in [4.69, 9.17) is 5.73 Å². The number of nitrogens with two attached hydrogens (primary N) is 1. The molecule has 0 unspecified atom stereocenters. The first-order valence-corrected chi connectivity index (χ1v) is 13.1.